The van der Waals surface area contributed by atoms with Crippen LogP contribution in [-0.2, 0) is 13.0 Å². The second kappa shape index (κ2) is 10.2. The largest absolute Gasteiger partial charge is 0.497 e. The van der Waals surface area contributed by atoms with Crippen LogP contribution < -0.4 is 10.1 Å². The van der Waals surface area contributed by atoms with E-state index in [0.717, 1.165) is 11.1 Å². The van der Waals surface area contributed by atoms with Crippen molar-refractivity contribution in [3.8, 4) is 22.7 Å². The van der Waals surface area contributed by atoms with E-state index < -0.39 is 10.8 Å². The summed E-state index contributed by atoms with van der Waals surface area (Å²) < 4.78 is 6.66. The van der Waals surface area contributed by atoms with Crippen molar-refractivity contribution in [3.63, 3.8) is 0 Å². The number of carbonyl (C=O) groups excluding carboxylic acids is 2. The number of ketones is 1. The Kier molecular flexibility index (Phi) is 6.74. The van der Waals surface area contributed by atoms with Crippen LogP contribution >= 0.6 is 0 Å². The zero-order chi connectivity index (χ0) is 27.7. The normalized spacial score (nSPS) is 14.0. The molecule has 3 aromatic carbocycles. The fraction of sp³-hybridized carbons (Fsp3) is 0.233. The molecule has 1 aliphatic rings. The summed E-state index contributed by atoms with van der Waals surface area (Å²) in [6, 6.07) is 20.9. The fourth-order valence-electron chi connectivity index (χ4n) is 4.96. The molecule has 4 aromatic rings. The number of nitrogens with zero attached hydrogens (tertiary/aromatic N) is 3. The first-order chi connectivity index (χ1) is 18.7. The monoisotopic (exact) mass is 524 g/mol. The van der Waals surface area contributed by atoms with Crippen molar-refractivity contribution in [2.75, 3.05) is 7.11 Å². The van der Waals surface area contributed by atoms with Gasteiger partial charge >= 0.3 is 0 Å². The van der Waals surface area contributed by atoms with Crippen molar-refractivity contribution < 1.29 is 19.2 Å². The maximum absolute atomic E-state index is 13.3. The number of amides is 1. The molecule has 0 radical (unpaired) electrons. The van der Waals surface area contributed by atoms with Crippen LogP contribution in [-0.4, -0.2) is 33.5 Å². The van der Waals surface area contributed by atoms with Crippen LogP contribution in [0.4, 0.5) is 5.69 Å². The maximum atomic E-state index is 13.3. The number of ether oxygens (including phenoxy) is 1. The molecule has 0 saturated carbocycles. The van der Waals surface area contributed by atoms with E-state index in [0.29, 0.717) is 35.5 Å². The van der Waals surface area contributed by atoms with E-state index in [9.17, 15) is 19.7 Å². The van der Waals surface area contributed by atoms with Gasteiger partial charge in [-0.15, -0.1) is 0 Å². The van der Waals surface area contributed by atoms with Gasteiger partial charge in [0.05, 0.1) is 23.3 Å². The summed E-state index contributed by atoms with van der Waals surface area (Å²) in [5.74, 6) is 0.227. The third-order valence-electron chi connectivity index (χ3n) is 6.87. The first-order valence-corrected chi connectivity index (χ1v) is 12.6. The molecule has 1 aromatic heterocycles. The zero-order valence-electron chi connectivity index (χ0n) is 21.9. The van der Waals surface area contributed by atoms with Crippen LogP contribution in [0.2, 0.25) is 0 Å². The zero-order valence-corrected chi connectivity index (χ0v) is 21.9. The lowest BCUT2D eigenvalue weighted by atomic mass is 9.75. The van der Waals surface area contributed by atoms with Gasteiger partial charge in [-0.2, -0.15) is 5.10 Å². The van der Waals surface area contributed by atoms with Crippen molar-refractivity contribution in [1.29, 1.82) is 0 Å². The van der Waals surface area contributed by atoms with Crippen LogP contribution in [0.1, 0.15) is 52.2 Å². The van der Waals surface area contributed by atoms with Gasteiger partial charge in [0.15, 0.2) is 5.78 Å². The molecule has 39 heavy (non-hydrogen) atoms. The standard InChI is InChI=1S/C30H28N4O5/c1-30(2)16-25-27(26(35)17-30)28(20-7-5-4-6-8-20)32-33(25)23-14-11-21(15-24(23)34(37)38)29(36)31-18-19-9-12-22(39-3)13-10-19/h4-15H,16-18H2,1-3H3,(H,31,36). The molecule has 0 aliphatic heterocycles. The predicted octanol–water partition coefficient (Wildman–Crippen LogP) is 5.54. The van der Waals surface area contributed by atoms with Gasteiger partial charge in [-0.1, -0.05) is 56.3 Å². The summed E-state index contributed by atoms with van der Waals surface area (Å²) in [6.07, 6.45) is 0.885. The Hall–Kier alpha value is -4.79. The molecule has 1 heterocycles. The first-order valence-electron chi connectivity index (χ1n) is 12.6. The maximum Gasteiger partial charge on any atom is 0.295 e. The second-order valence-electron chi connectivity index (χ2n) is 10.4. The number of nitro benzene ring substituents is 1. The van der Waals surface area contributed by atoms with Crippen LogP contribution in [0.15, 0.2) is 72.8 Å². The minimum absolute atomic E-state index is 0.0384. The van der Waals surface area contributed by atoms with E-state index in [-0.39, 0.29) is 34.7 Å². The Morgan fingerprint density at radius 2 is 1.79 bits per heavy atom. The molecule has 0 bridgehead atoms. The van der Waals surface area contributed by atoms with Crippen LogP contribution in [0.25, 0.3) is 16.9 Å². The molecule has 0 atom stereocenters. The Morgan fingerprint density at radius 1 is 1.08 bits per heavy atom. The smallest absolute Gasteiger partial charge is 0.295 e. The van der Waals surface area contributed by atoms with Gasteiger partial charge in [-0.3, -0.25) is 19.7 Å². The molecular formula is C30H28N4O5. The topological polar surface area (TPSA) is 116 Å². The van der Waals surface area contributed by atoms with Crippen molar-refractivity contribution >= 4 is 17.4 Å². The summed E-state index contributed by atoms with van der Waals surface area (Å²) >= 11 is 0. The number of nitrogens with one attached hydrogen (secondary N) is 1. The van der Waals surface area contributed by atoms with E-state index >= 15 is 0 Å². The number of methoxy groups -OCH3 is 1. The number of carbonyl (C=O) groups is 2. The number of nitro groups is 1. The molecule has 0 fully saturated rings. The SMILES string of the molecule is COc1ccc(CNC(=O)c2ccc(-n3nc(-c4ccccc4)c4c3CC(C)(C)CC4=O)c([N+](=O)[O-])c2)cc1. The highest BCUT2D eigenvalue weighted by molar-refractivity contribution is 6.04. The Bertz CT molecular complexity index is 1570. The lowest BCUT2D eigenvalue weighted by Gasteiger charge is -2.29. The van der Waals surface area contributed by atoms with E-state index in [1.807, 2.05) is 56.3 Å². The van der Waals surface area contributed by atoms with Crippen molar-refractivity contribution in [2.24, 2.45) is 5.41 Å². The van der Waals surface area contributed by atoms with Gasteiger partial charge in [-0.25, -0.2) is 4.68 Å². The Morgan fingerprint density at radius 3 is 2.46 bits per heavy atom. The summed E-state index contributed by atoms with van der Waals surface area (Å²) in [6.45, 7) is 4.25. The number of fused-ring (bicyclic) bond motifs is 1. The second-order valence-corrected chi connectivity index (χ2v) is 10.4. The van der Waals surface area contributed by atoms with E-state index in [1.54, 1.807) is 19.2 Å². The van der Waals surface area contributed by atoms with Crippen molar-refractivity contribution in [3.05, 3.63) is 105 Å². The first kappa shape index (κ1) is 25.8. The third kappa shape index (κ3) is 5.16. The average Bonchev–Trinajstić information content (AvgIpc) is 3.30. The molecule has 9 nitrogen and oxygen atoms in total. The molecule has 5 rings (SSSR count). The van der Waals surface area contributed by atoms with Gasteiger partial charge in [0.25, 0.3) is 11.6 Å². The molecule has 9 heteroatoms. The summed E-state index contributed by atoms with van der Waals surface area (Å²) in [5.41, 5.74) is 3.01. The number of hydrogen-bond donors (Lipinski definition) is 1. The molecule has 1 aliphatic carbocycles. The van der Waals surface area contributed by atoms with Gasteiger partial charge < -0.3 is 10.1 Å². The number of benzene rings is 3. The lowest BCUT2D eigenvalue weighted by Crippen LogP contribution is -2.28. The van der Waals surface area contributed by atoms with Crippen LogP contribution in [0, 0.1) is 15.5 Å². The number of hydrogen-bond acceptors (Lipinski definition) is 6. The minimum atomic E-state index is -0.526. The van der Waals surface area contributed by atoms with Crippen molar-refractivity contribution in [2.45, 2.75) is 33.2 Å². The molecular weight excluding hydrogens is 496 g/mol. The predicted molar refractivity (Wildman–Crippen MR) is 146 cm³/mol. The van der Waals surface area contributed by atoms with E-state index in [4.69, 9.17) is 9.84 Å². The molecule has 0 spiro atoms. The highest BCUT2D eigenvalue weighted by atomic mass is 16.6. The van der Waals surface area contributed by atoms with Crippen LogP contribution in [0.3, 0.4) is 0 Å². The minimum Gasteiger partial charge on any atom is -0.497 e. The fourth-order valence-corrected chi connectivity index (χ4v) is 4.96. The summed E-state index contributed by atoms with van der Waals surface area (Å²) in [5, 5.41) is 19.7. The van der Waals surface area contributed by atoms with E-state index in [2.05, 4.69) is 5.32 Å². The van der Waals surface area contributed by atoms with Gasteiger partial charge in [0.1, 0.15) is 17.1 Å². The summed E-state index contributed by atoms with van der Waals surface area (Å²) in [7, 11) is 1.58. The Balaban J connectivity index is 1.53. The third-order valence-corrected chi connectivity index (χ3v) is 6.87. The quantitative estimate of drug-likeness (QED) is 0.251. The summed E-state index contributed by atoms with van der Waals surface area (Å²) in [4.78, 5) is 37.8. The average molecular weight is 525 g/mol. The molecule has 1 N–H and O–H groups in total. The molecule has 0 saturated heterocycles. The highest BCUT2D eigenvalue weighted by Crippen LogP contribution is 2.41. The highest BCUT2D eigenvalue weighted by Gasteiger charge is 2.38. The number of aromatic nitrogens is 2. The van der Waals surface area contributed by atoms with Crippen LogP contribution in [0.5, 0.6) is 5.75 Å². The molecule has 0 unspecified atom stereocenters. The Labute approximate surface area is 225 Å². The number of rotatable bonds is 7. The van der Waals surface area contributed by atoms with E-state index in [1.165, 1.54) is 22.9 Å². The van der Waals surface area contributed by atoms with Crippen molar-refractivity contribution in [1.82, 2.24) is 15.1 Å². The molecule has 198 valence electrons. The lowest BCUT2D eigenvalue weighted by molar-refractivity contribution is -0.384. The van der Waals surface area contributed by atoms with Gasteiger partial charge in [-0.05, 0) is 41.7 Å². The number of Topliss-reactive ketones (excluding diaryl/α,β-unsaturated/α-hetero) is 1. The van der Waals surface area contributed by atoms with Gasteiger partial charge in [0, 0.05) is 30.2 Å². The van der Waals surface area contributed by atoms with Gasteiger partial charge in [0.2, 0.25) is 0 Å². The molecule has 1 amide bonds.